The lowest BCUT2D eigenvalue weighted by atomic mass is 9.85. The van der Waals surface area contributed by atoms with Gasteiger partial charge in [-0.1, -0.05) is 33.4 Å². The summed E-state index contributed by atoms with van der Waals surface area (Å²) >= 11 is 0. The normalized spacial score (nSPS) is 21.9. The molecule has 0 saturated heterocycles. The van der Waals surface area contributed by atoms with Crippen molar-refractivity contribution in [3.05, 3.63) is 81.7 Å². The van der Waals surface area contributed by atoms with Gasteiger partial charge in [-0.05, 0) is 56.0 Å². The van der Waals surface area contributed by atoms with Crippen LogP contribution in [0.25, 0.3) is 22.2 Å². The quantitative estimate of drug-likeness (QED) is 0.291. The second kappa shape index (κ2) is 10.6. The molecule has 0 radical (unpaired) electrons. The van der Waals surface area contributed by atoms with Crippen LogP contribution in [-0.4, -0.2) is 45.0 Å². The van der Waals surface area contributed by atoms with E-state index in [0.717, 1.165) is 51.6 Å². The first kappa shape index (κ1) is 28.6. The van der Waals surface area contributed by atoms with Crippen molar-refractivity contribution >= 4 is 40.1 Å². The van der Waals surface area contributed by atoms with E-state index < -0.39 is 11.9 Å². The number of ether oxygens (including phenoxy) is 2. The van der Waals surface area contributed by atoms with Crippen molar-refractivity contribution in [2.75, 3.05) is 7.11 Å². The molecule has 2 aromatic rings. The number of H-pyrrole nitrogens is 2. The van der Waals surface area contributed by atoms with Gasteiger partial charge in [0.25, 0.3) is 0 Å². The van der Waals surface area contributed by atoms with E-state index in [9.17, 15) is 14.4 Å². The van der Waals surface area contributed by atoms with Crippen molar-refractivity contribution in [3.63, 3.8) is 0 Å². The molecule has 0 aromatic carbocycles. The summed E-state index contributed by atoms with van der Waals surface area (Å²) in [4.78, 5) is 55.8. The molecule has 0 fully saturated rings. The van der Waals surface area contributed by atoms with E-state index in [4.69, 9.17) is 19.4 Å². The van der Waals surface area contributed by atoms with Crippen LogP contribution in [0.5, 0.6) is 0 Å². The SMILES string of the molecule is C=CC1=C(C)c2cc3nc(c4c5[nH]c(cc6[nH]c(cc1n2)C(C)C6CC)c(C)c5C(=O)OC4=O)[C@H](CCC(=O)OC)[C@H]3C. The molecule has 2 unspecified atom stereocenters. The van der Waals surface area contributed by atoms with Crippen LogP contribution in [0.1, 0.15) is 131 Å². The molecule has 9 heteroatoms. The highest BCUT2D eigenvalue weighted by Crippen LogP contribution is 2.45. The highest BCUT2D eigenvalue weighted by atomic mass is 16.6. The number of cyclic esters (lactones) is 2. The smallest absolute Gasteiger partial charge is 0.350 e. The number of aromatic amines is 2. The van der Waals surface area contributed by atoms with Gasteiger partial charge < -0.3 is 19.4 Å². The third-order valence-corrected chi connectivity index (χ3v) is 9.55. The fourth-order valence-electron chi connectivity index (χ4n) is 6.95. The van der Waals surface area contributed by atoms with Crippen molar-refractivity contribution in [1.82, 2.24) is 19.9 Å². The van der Waals surface area contributed by atoms with Crippen molar-refractivity contribution in [2.24, 2.45) is 0 Å². The second-order valence-corrected chi connectivity index (χ2v) is 11.8. The molecule has 6 rings (SSSR count). The molecule has 4 aliphatic heterocycles. The Balaban J connectivity index is 1.76. The van der Waals surface area contributed by atoms with Gasteiger partial charge in [-0.25, -0.2) is 14.6 Å². The van der Waals surface area contributed by atoms with E-state index in [1.54, 1.807) is 0 Å². The number of esters is 3. The number of hydrogen-bond donors (Lipinski definition) is 2. The first-order valence-corrected chi connectivity index (χ1v) is 14.8. The van der Waals surface area contributed by atoms with E-state index in [0.29, 0.717) is 28.8 Å². The van der Waals surface area contributed by atoms with Gasteiger partial charge in [-0.15, -0.1) is 0 Å². The zero-order valence-electron chi connectivity index (χ0n) is 25.4. The largest absolute Gasteiger partial charge is 0.469 e. The van der Waals surface area contributed by atoms with Crippen molar-refractivity contribution in [2.45, 2.75) is 77.6 Å². The third kappa shape index (κ3) is 4.49. The third-order valence-electron chi connectivity index (χ3n) is 9.55. The standard InChI is InChI=1S/C34H36N4O5/c1-8-19-15(3)22-12-24-17(5)21(10-11-28(39)42-7)31(37-24)30-32-29(33(40)43-34(30)41)18(6)25(38-32)14-27-20(9-2)16(4)23(36-27)13-26(19)35-22/h8,12-14,16-17,20-21,36,38H,1,9-11H2,2-7H3/t16?,17-,20?,21-/m1/s1. The minimum Gasteiger partial charge on any atom is -0.469 e. The van der Waals surface area contributed by atoms with Gasteiger partial charge in [0.1, 0.15) is 5.56 Å². The number of allylic oxidation sites excluding steroid dienone is 3. The number of carbonyl (C=O) groups is 3. The summed E-state index contributed by atoms with van der Waals surface area (Å²) in [6, 6.07) is 6.09. The highest BCUT2D eigenvalue weighted by Gasteiger charge is 2.39. The van der Waals surface area contributed by atoms with Crippen LogP contribution >= 0.6 is 0 Å². The average molecular weight is 581 g/mol. The molecule has 43 heavy (non-hydrogen) atoms. The zero-order chi connectivity index (χ0) is 30.7. The number of hydrogen-bond acceptors (Lipinski definition) is 7. The van der Waals surface area contributed by atoms with E-state index in [2.05, 4.69) is 36.5 Å². The average Bonchev–Trinajstić information content (AvgIpc) is 3.65. The maximum absolute atomic E-state index is 13.5. The van der Waals surface area contributed by atoms with E-state index >= 15 is 0 Å². The van der Waals surface area contributed by atoms with E-state index in [1.807, 2.05) is 39.0 Å². The summed E-state index contributed by atoms with van der Waals surface area (Å²) in [7, 11) is 1.36. The molecule has 0 amide bonds. The number of fused-ring (bicyclic) bond motifs is 8. The maximum Gasteiger partial charge on any atom is 0.350 e. The van der Waals surface area contributed by atoms with Gasteiger partial charge in [-0.2, -0.15) is 0 Å². The molecular formula is C34H36N4O5. The Morgan fingerprint density at radius 1 is 1.00 bits per heavy atom. The lowest BCUT2D eigenvalue weighted by molar-refractivity contribution is -0.140. The molecule has 4 aliphatic rings. The molecule has 222 valence electrons. The predicted octanol–water partition coefficient (Wildman–Crippen LogP) is 6.91. The number of nitrogens with zero attached hydrogens (tertiary/aromatic N) is 2. The Labute approximate surface area is 250 Å². The Morgan fingerprint density at radius 3 is 2.44 bits per heavy atom. The molecule has 2 N–H and O–H groups in total. The van der Waals surface area contributed by atoms with Crippen molar-refractivity contribution in [3.8, 4) is 0 Å². The van der Waals surface area contributed by atoms with Gasteiger partial charge in [0.2, 0.25) is 0 Å². The number of aromatic nitrogens is 4. The van der Waals surface area contributed by atoms with Crippen molar-refractivity contribution in [1.29, 1.82) is 0 Å². The lowest BCUT2D eigenvalue weighted by Gasteiger charge is -2.18. The van der Waals surface area contributed by atoms with Crippen LogP contribution in [0.4, 0.5) is 0 Å². The van der Waals surface area contributed by atoms with Gasteiger partial charge in [0.05, 0.1) is 35.3 Å². The molecule has 8 bridgehead atoms. The van der Waals surface area contributed by atoms with Gasteiger partial charge >= 0.3 is 17.9 Å². The molecule has 9 nitrogen and oxygen atoms in total. The molecular weight excluding hydrogens is 544 g/mol. The summed E-state index contributed by atoms with van der Waals surface area (Å²) in [6.07, 6.45) is 3.30. The number of methoxy groups -OCH3 is 1. The Morgan fingerprint density at radius 2 is 1.74 bits per heavy atom. The van der Waals surface area contributed by atoms with Crippen molar-refractivity contribution < 1.29 is 23.9 Å². The number of rotatable bonds is 5. The second-order valence-electron chi connectivity index (χ2n) is 11.8. The minimum absolute atomic E-state index is 0.150. The summed E-state index contributed by atoms with van der Waals surface area (Å²) in [5.74, 6) is -1.81. The number of aryl methyl sites for hydroxylation is 1. The van der Waals surface area contributed by atoms with E-state index in [-0.39, 0.29) is 41.6 Å². The van der Waals surface area contributed by atoms with Crippen LogP contribution < -0.4 is 0 Å². The zero-order valence-corrected chi connectivity index (χ0v) is 25.4. The highest BCUT2D eigenvalue weighted by molar-refractivity contribution is 6.18. The molecule has 2 aromatic heterocycles. The first-order valence-electron chi connectivity index (χ1n) is 14.8. The predicted molar refractivity (Wildman–Crippen MR) is 163 cm³/mol. The van der Waals surface area contributed by atoms with E-state index in [1.165, 1.54) is 7.11 Å². The molecule has 6 heterocycles. The number of carbonyl (C=O) groups excluding carboxylic acids is 3. The summed E-state index contributed by atoms with van der Waals surface area (Å²) in [5, 5.41) is 0. The minimum atomic E-state index is -0.752. The summed E-state index contributed by atoms with van der Waals surface area (Å²) in [6.45, 7) is 14.3. The summed E-state index contributed by atoms with van der Waals surface area (Å²) < 4.78 is 10.2. The Hall–Kier alpha value is -4.53. The molecule has 0 aliphatic carbocycles. The Kier molecular flexibility index (Phi) is 7.07. The van der Waals surface area contributed by atoms with Gasteiger partial charge in [-0.3, -0.25) is 9.78 Å². The Bertz CT molecular complexity index is 1830. The molecule has 0 saturated carbocycles. The molecule has 0 spiro atoms. The van der Waals surface area contributed by atoms with Gasteiger partial charge in [0.15, 0.2) is 0 Å². The maximum atomic E-state index is 13.5. The van der Waals surface area contributed by atoms with Crippen LogP contribution in [-0.2, 0) is 14.3 Å². The topological polar surface area (TPSA) is 127 Å². The van der Waals surface area contributed by atoms with Crippen LogP contribution in [0.3, 0.4) is 0 Å². The monoisotopic (exact) mass is 580 g/mol. The van der Waals surface area contributed by atoms with Crippen LogP contribution in [0.2, 0.25) is 0 Å². The number of nitrogens with one attached hydrogen (secondary N) is 2. The lowest BCUT2D eigenvalue weighted by Crippen LogP contribution is -2.21. The summed E-state index contributed by atoms with van der Waals surface area (Å²) in [5.41, 5.74) is 9.20. The van der Waals surface area contributed by atoms with Gasteiger partial charge in [0, 0.05) is 58.3 Å². The van der Waals surface area contributed by atoms with Crippen LogP contribution in [0, 0.1) is 6.92 Å². The first-order chi connectivity index (χ1) is 20.6. The fraction of sp³-hybridized carbons (Fsp3) is 0.382. The molecule has 4 atom stereocenters. The fourth-order valence-corrected chi connectivity index (χ4v) is 6.95. The van der Waals surface area contributed by atoms with Crippen LogP contribution in [0.15, 0.2) is 30.9 Å².